The Labute approximate surface area is 131 Å². The Bertz CT molecular complexity index is 453. The second-order valence-corrected chi connectivity index (χ2v) is 7.94. The van der Waals surface area contributed by atoms with E-state index in [9.17, 15) is 0 Å². The fraction of sp³-hybridized carbons (Fsp3) is 0.667. The predicted molar refractivity (Wildman–Crippen MR) is 90.0 cm³/mol. The Kier molecular flexibility index (Phi) is 5.21. The summed E-state index contributed by atoms with van der Waals surface area (Å²) in [6, 6.07) is 2.59. The standard InChI is InChI=1S/C15H24ClN3S/c1-15(2,3)18-9-11-7-13(16)14(17-8-11)19(4)12-5-6-20-10-12/h7-8,12,18H,5-6,9-10H2,1-4H3. The van der Waals surface area contributed by atoms with Crippen LogP contribution >= 0.6 is 23.4 Å². The zero-order chi connectivity index (χ0) is 14.8. The van der Waals surface area contributed by atoms with Crippen molar-refractivity contribution in [1.82, 2.24) is 10.3 Å². The first-order valence-electron chi connectivity index (χ1n) is 7.07. The van der Waals surface area contributed by atoms with Crippen molar-refractivity contribution in [2.75, 3.05) is 23.5 Å². The predicted octanol–water partition coefficient (Wildman–Crippen LogP) is 3.56. The summed E-state index contributed by atoms with van der Waals surface area (Å²) in [5, 5.41) is 4.20. The van der Waals surface area contributed by atoms with Gasteiger partial charge in [-0.1, -0.05) is 11.6 Å². The number of nitrogens with zero attached hydrogens (tertiary/aromatic N) is 2. The molecule has 5 heteroatoms. The van der Waals surface area contributed by atoms with Gasteiger partial charge in [0.15, 0.2) is 0 Å². The first-order chi connectivity index (χ1) is 9.37. The largest absolute Gasteiger partial charge is 0.355 e. The first kappa shape index (κ1) is 15.9. The molecule has 20 heavy (non-hydrogen) atoms. The van der Waals surface area contributed by atoms with Crippen LogP contribution in [0.3, 0.4) is 0 Å². The number of rotatable bonds is 4. The molecular weight excluding hydrogens is 290 g/mol. The molecule has 0 amide bonds. The van der Waals surface area contributed by atoms with Gasteiger partial charge in [-0.25, -0.2) is 4.98 Å². The first-order valence-corrected chi connectivity index (χ1v) is 8.60. The number of hydrogen-bond donors (Lipinski definition) is 1. The lowest BCUT2D eigenvalue weighted by Crippen LogP contribution is -2.35. The summed E-state index contributed by atoms with van der Waals surface area (Å²) in [7, 11) is 2.10. The Morgan fingerprint density at radius 3 is 2.80 bits per heavy atom. The van der Waals surface area contributed by atoms with Crippen LogP contribution in [0.2, 0.25) is 5.02 Å². The highest BCUT2D eigenvalue weighted by atomic mass is 35.5. The summed E-state index contributed by atoms with van der Waals surface area (Å²) < 4.78 is 0. The summed E-state index contributed by atoms with van der Waals surface area (Å²) in [4.78, 5) is 6.79. The Morgan fingerprint density at radius 1 is 1.50 bits per heavy atom. The molecule has 1 aliphatic heterocycles. The number of aromatic nitrogens is 1. The molecule has 0 aliphatic carbocycles. The lowest BCUT2D eigenvalue weighted by Gasteiger charge is -2.26. The van der Waals surface area contributed by atoms with Crippen LogP contribution in [0.1, 0.15) is 32.8 Å². The maximum atomic E-state index is 6.41. The normalized spacial score (nSPS) is 19.4. The fourth-order valence-electron chi connectivity index (χ4n) is 2.19. The Hall–Kier alpha value is -0.450. The SMILES string of the molecule is CN(c1ncc(CNC(C)(C)C)cc1Cl)C1CCSC1. The van der Waals surface area contributed by atoms with Gasteiger partial charge in [0.1, 0.15) is 5.82 Å². The Balaban J connectivity index is 2.05. The van der Waals surface area contributed by atoms with Crippen LogP contribution in [0.5, 0.6) is 0 Å². The molecule has 1 aliphatic rings. The third-order valence-corrected chi connectivity index (χ3v) is 4.91. The molecule has 0 radical (unpaired) electrons. The number of hydrogen-bond acceptors (Lipinski definition) is 4. The van der Waals surface area contributed by atoms with E-state index in [1.807, 2.05) is 24.0 Å². The molecule has 0 bridgehead atoms. The second-order valence-electron chi connectivity index (χ2n) is 6.38. The monoisotopic (exact) mass is 313 g/mol. The van der Waals surface area contributed by atoms with Gasteiger partial charge in [-0.3, -0.25) is 0 Å². The number of halogens is 1. The molecule has 1 unspecified atom stereocenters. The highest BCUT2D eigenvalue weighted by Gasteiger charge is 2.22. The van der Waals surface area contributed by atoms with E-state index < -0.39 is 0 Å². The van der Waals surface area contributed by atoms with E-state index in [0.29, 0.717) is 6.04 Å². The van der Waals surface area contributed by atoms with Crippen molar-refractivity contribution in [1.29, 1.82) is 0 Å². The van der Waals surface area contributed by atoms with Gasteiger partial charge < -0.3 is 10.2 Å². The van der Waals surface area contributed by atoms with Gasteiger partial charge in [0.2, 0.25) is 0 Å². The van der Waals surface area contributed by atoms with Crippen molar-refractivity contribution in [2.24, 2.45) is 0 Å². The minimum Gasteiger partial charge on any atom is -0.355 e. The van der Waals surface area contributed by atoms with Crippen LogP contribution in [0.4, 0.5) is 5.82 Å². The molecular formula is C15H24ClN3S. The van der Waals surface area contributed by atoms with Gasteiger partial charge in [0.05, 0.1) is 5.02 Å². The topological polar surface area (TPSA) is 28.2 Å². The van der Waals surface area contributed by atoms with Crippen LogP contribution < -0.4 is 10.2 Å². The van der Waals surface area contributed by atoms with E-state index in [-0.39, 0.29) is 5.54 Å². The van der Waals surface area contributed by atoms with Gasteiger partial charge in [0, 0.05) is 37.1 Å². The van der Waals surface area contributed by atoms with E-state index in [1.165, 1.54) is 17.9 Å². The van der Waals surface area contributed by atoms with Gasteiger partial charge in [-0.15, -0.1) is 0 Å². The molecule has 0 spiro atoms. The van der Waals surface area contributed by atoms with Crippen molar-refractivity contribution in [3.05, 3.63) is 22.8 Å². The molecule has 1 N–H and O–H groups in total. The van der Waals surface area contributed by atoms with Crippen LogP contribution in [-0.2, 0) is 6.54 Å². The number of thioether (sulfide) groups is 1. The summed E-state index contributed by atoms with van der Waals surface area (Å²) in [6.07, 6.45) is 3.14. The van der Waals surface area contributed by atoms with Crippen LogP contribution in [0.15, 0.2) is 12.3 Å². The number of pyridine rings is 1. The lowest BCUT2D eigenvalue weighted by atomic mass is 10.1. The van der Waals surface area contributed by atoms with E-state index in [2.05, 4.69) is 43.0 Å². The van der Waals surface area contributed by atoms with Gasteiger partial charge in [-0.05, 0) is 44.6 Å². The van der Waals surface area contributed by atoms with Gasteiger partial charge >= 0.3 is 0 Å². The molecule has 0 saturated carbocycles. The maximum Gasteiger partial charge on any atom is 0.147 e. The number of nitrogens with one attached hydrogen (secondary N) is 1. The summed E-state index contributed by atoms with van der Waals surface area (Å²) in [6.45, 7) is 7.26. The molecule has 1 aromatic heterocycles. The van der Waals surface area contributed by atoms with Gasteiger partial charge in [0.25, 0.3) is 0 Å². The third-order valence-electron chi connectivity index (χ3n) is 3.49. The lowest BCUT2D eigenvalue weighted by molar-refractivity contribution is 0.424. The van der Waals surface area contributed by atoms with Crippen LogP contribution in [0, 0.1) is 0 Å². The van der Waals surface area contributed by atoms with E-state index in [4.69, 9.17) is 11.6 Å². The van der Waals surface area contributed by atoms with Crippen molar-refractivity contribution < 1.29 is 0 Å². The minimum atomic E-state index is 0.100. The highest BCUT2D eigenvalue weighted by molar-refractivity contribution is 7.99. The molecule has 1 fully saturated rings. The molecule has 2 rings (SSSR count). The maximum absolute atomic E-state index is 6.41. The number of anilines is 1. The van der Waals surface area contributed by atoms with Crippen molar-refractivity contribution >= 4 is 29.2 Å². The smallest absolute Gasteiger partial charge is 0.147 e. The van der Waals surface area contributed by atoms with Crippen molar-refractivity contribution in [3.8, 4) is 0 Å². The molecule has 112 valence electrons. The summed E-state index contributed by atoms with van der Waals surface area (Å²) >= 11 is 8.42. The molecule has 1 saturated heterocycles. The fourth-order valence-corrected chi connectivity index (χ4v) is 3.78. The molecule has 0 aromatic carbocycles. The molecule has 1 aromatic rings. The van der Waals surface area contributed by atoms with E-state index in [1.54, 1.807) is 0 Å². The summed E-state index contributed by atoms with van der Waals surface area (Å²) in [5.74, 6) is 3.31. The van der Waals surface area contributed by atoms with Gasteiger partial charge in [-0.2, -0.15) is 11.8 Å². The average Bonchev–Trinajstić information content (AvgIpc) is 2.88. The molecule has 1 atom stereocenters. The van der Waals surface area contributed by atoms with Crippen LogP contribution in [0.25, 0.3) is 0 Å². The zero-order valence-electron chi connectivity index (χ0n) is 12.7. The minimum absolute atomic E-state index is 0.100. The zero-order valence-corrected chi connectivity index (χ0v) is 14.3. The van der Waals surface area contributed by atoms with Crippen molar-refractivity contribution in [3.63, 3.8) is 0 Å². The second kappa shape index (κ2) is 6.54. The van der Waals surface area contributed by atoms with Crippen LogP contribution in [-0.4, -0.2) is 35.1 Å². The molecule has 2 heterocycles. The average molecular weight is 314 g/mol. The Morgan fingerprint density at radius 2 is 2.25 bits per heavy atom. The highest BCUT2D eigenvalue weighted by Crippen LogP contribution is 2.29. The van der Waals surface area contributed by atoms with E-state index >= 15 is 0 Å². The molecule has 3 nitrogen and oxygen atoms in total. The van der Waals surface area contributed by atoms with Crippen molar-refractivity contribution in [2.45, 2.75) is 45.3 Å². The quantitative estimate of drug-likeness (QED) is 0.920. The summed E-state index contributed by atoms with van der Waals surface area (Å²) in [5.41, 5.74) is 1.23. The van der Waals surface area contributed by atoms with E-state index in [0.717, 1.165) is 22.9 Å². The third kappa shape index (κ3) is 4.27.